The molecule has 2 aromatic heterocycles. The van der Waals surface area contributed by atoms with Crippen molar-refractivity contribution < 1.29 is 4.79 Å². The monoisotopic (exact) mass is 357 g/mol. The number of amides is 1. The van der Waals surface area contributed by atoms with Crippen molar-refractivity contribution >= 4 is 27.5 Å². The van der Waals surface area contributed by atoms with Gasteiger partial charge < -0.3 is 5.32 Å². The zero-order valence-corrected chi connectivity index (χ0v) is 13.3. The number of anilines is 1. The van der Waals surface area contributed by atoms with Crippen molar-refractivity contribution in [2.45, 2.75) is 6.92 Å². The molecule has 0 bridgehead atoms. The van der Waals surface area contributed by atoms with Crippen LogP contribution in [0.25, 0.3) is 5.82 Å². The average molecular weight is 358 g/mol. The van der Waals surface area contributed by atoms with E-state index in [2.05, 4.69) is 36.4 Å². The van der Waals surface area contributed by atoms with E-state index >= 15 is 0 Å². The highest BCUT2D eigenvalue weighted by Crippen LogP contribution is 2.20. The second-order valence-electron chi connectivity index (χ2n) is 4.66. The first-order valence-corrected chi connectivity index (χ1v) is 7.32. The molecule has 0 aliphatic rings. The van der Waals surface area contributed by atoms with Crippen molar-refractivity contribution in [3.8, 4) is 5.82 Å². The first-order valence-electron chi connectivity index (χ1n) is 6.53. The maximum atomic E-state index is 12.2. The van der Waals surface area contributed by atoms with Gasteiger partial charge in [0.05, 0.1) is 0 Å². The summed E-state index contributed by atoms with van der Waals surface area (Å²) in [6.45, 7) is 1.96. The van der Waals surface area contributed by atoms with E-state index in [1.807, 2.05) is 25.1 Å². The molecule has 0 aliphatic carbocycles. The largest absolute Gasteiger partial charge is 0.321 e. The number of nitrogens with one attached hydrogen (secondary N) is 1. The van der Waals surface area contributed by atoms with E-state index in [-0.39, 0.29) is 11.6 Å². The number of carbonyl (C=O) groups is 1. The normalized spacial score (nSPS) is 10.5. The Kier molecular flexibility index (Phi) is 3.97. The van der Waals surface area contributed by atoms with Gasteiger partial charge >= 0.3 is 0 Å². The van der Waals surface area contributed by atoms with Crippen LogP contribution in [-0.2, 0) is 0 Å². The summed E-state index contributed by atoms with van der Waals surface area (Å²) < 4.78 is 2.71. The van der Waals surface area contributed by atoms with Crippen molar-refractivity contribution in [1.29, 1.82) is 0 Å². The van der Waals surface area contributed by atoms with Crippen LogP contribution in [0.4, 0.5) is 5.69 Å². The molecule has 0 saturated heterocycles. The lowest BCUT2D eigenvalue weighted by Gasteiger charge is -2.07. The van der Waals surface area contributed by atoms with E-state index in [1.54, 1.807) is 35.4 Å². The minimum atomic E-state index is -0.300. The fourth-order valence-corrected chi connectivity index (χ4v) is 2.14. The number of aryl methyl sites for hydroxylation is 1. The lowest BCUT2D eigenvalue weighted by atomic mass is 10.2. The Bertz CT molecular complexity index is 799. The summed E-state index contributed by atoms with van der Waals surface area (Å²) in [6.07, 6.45) is 5.03. The maximum absolute atomic E-state index is 12.2. The number of hydrogen-bond acceptors (Lipinski definition) is 4. The van der Waals surface area contributed by atoms with Crippen LogP contribution < -0.4 is 5.32 Å². The standard InChI is InChI=1S/C15H12BrN5O/c1-10-8-11(2-3-12(10)16)18-15(22)13-4-5-14(20-19-13)21-7-6-17-9-21/h2-9H,1H3,(H,18,22). The molecule has 7 heteroatoms. The Labute approximate surface area is 135 Å². The van der Waals surface area contributed by atoms with Crippen molar-refractivity contribution in [2.24, 2.45) is 0 Å². The Hall–Kier alpha value is -2.54. The zero-order chi connectivity index (χ0) is 15.5. The second-order valence-corrected chi connectivity index (χ2v) is 5.52. The molecular formula is C15H12BrN5O. The van der Waals surface area contributed by atoms with Gasteiger partial charge in [-0.05, 0) is 42.8 Å². The van der Waals surface area contributed by atoms with Crippen molar-refractivity contribution in [3.63, 3.8) is 0 Å². The number of imidazole rings is 1. The summed E-state index contributed by atoms with van der Waals surface area (Å²) in [4.78, 5) is 16.1. The number of benzene rings is 1. The van der Waals surface area contributed by atoms with Crippen LogP contribution in [-0.4, -0.2) is 25.7 Å². The third kappa shape index (κ3) is 3.04. The van der Waals surface area contributed by atoms with Crippen LogP contribution in [0.3, 0.4) is 0 Å². The van der Waals surface area contributed by atoms with Gasteiger partial charge in [0, 0.05) is 22.6 Å². The smallest absolute Gasteiger partial charge is 0.276 e. The zero-order valence-electron chi connectivity index (χ0n) is 11.7. The van der Waals surface area contributed by atoms with Crippen LogP contribution in [0.1, 0.15) is 16.1 Å². The van der Waals surface area contributed by atoms with E-state index in [0.29, 0.717) is 11.5 Å². The van der Waals surface area contributed by atoms with Crippen molar-refractivity contribution in [2.75, 3.05) is 5.32 Å². The quantitative estimate of drug-likeness (QED) is 0.781. The summed E-state index contributed by atoms with van der Waals surface area (Å²) in [7, 11) is 0. The Morgan fingerprint density at radius 1 is 1.23 bits per heavy atom. The van der Waals surface area contributed by atoms with Crippen LogP contribution >= 0.6 is 15.9 Å². The second kappa shape index (κ2) is 6.07. The van der Waals surface area contributed by atoms with Gasteiger partial charge in [0.25, 0.3) is 5.91 Å². The topological polar surface area (TPSA) is 72.7 Å². The SMILES string of the molecule is Cc1cc(NC(=O)c2ccc(-n3ccnc3)nn2)ccc1Br. The van der Waals surface area contributed by atoms with Gasteiger partial charge in [0.15, 0.2) is 11.5 Å². The van der Waals surface area contributed by atoms with Gasteiger partial charge in [0.1, 0.15) is 6.33 Å². The molecule has 0 aliphatic heterocycles. The van der Waals surface area contributed by atoms with Crippen molar-refractivity contribution in [1.82, 2.24) is 19.7 Å². The van der Waals surface area contributed by atoms with E-state index in [9.17, 15) is 4.79 Å². The third-order valence-electron chi connectivity index (χ3n) is 3.07. The predicted octanol–water partition coefficient (Wildman–Crippen LogP) is 2.99. The molecular weight excluding hydrogens is 346 g/mol. The van der Waals surface area contributed by atoms with E-state index in [1.165, 1.54) is 0 Å². The van der Waals surface area contributed by atoms with Gasteiger partial charge in [-0.3, -0.25) is 9.36 Å². The molecule has 0 saturated carbocycles. The van der Waals surface area contributed by atoms with E-state index < -0.39 is 0 Å². The fraction of sp³-hybridized carbons (Fsp3) is 0.0667. The fourth-order valence-electron chi connectivity index (χ4n) is 1.90. The summed E-state index contributed by atoms with van der Waals surface area (Å²) in [5.74, 6) is 0.305. The van der Waals surface area contributed by atoms with Gasteiger partial charge in [-0.2, -0.15) is 0 Å². The molecule has 0 radical (unpaired) electrons. The first-order chi connectivity index (χ1) is 10.6. The molecule has 2 heterocycles. The van der Waals surface area contributed by atoms with Crippen molar-refractivity contribution in [3.05, 3.63) is 64.8 Å². The van der Waals surface area contributed by atoms with Gasteiger partial charge in [0.2, 0.25) is 0 Å². The first kappa shape index (κ1) is 14.4. The highest BCUT2D eigenvalue weighted by molar-refractivity contribution is 9.10. The molecule has 0 atom stereocenters. The predicted molar refractivity (Wildman–Crippen MR) is 86.0 cm³/mol. The molecule has 110 valence electrons. The lowest BCUT2D eigenvalue weighted by molar-refractivity contribution is 0.102. The minimum absolute atomic E-state index is 0.254. The summed E-state index contributed by atoms with van der Waals surface area (Å²) in [6, 6.07) is 8.94. The van der Waals surface area contributed by atoms with Crippen LogP contribution in [0.15, 0.2) is 53.5 Å². The number of hydrogen-bond donors (Lipinski definition) is 1. The summed E-state index contributed by atoms with van der Waals surface area (Å²) >= 11 is 3.42. The average Bonchev–Trinajstić information content (AvgIpc) is 3.05. The van der Waals surface area contributed by atoms with E-state index in [0.717, 1.165) is 10.0 Å². The van der Waals surface area contributed by atoms with Crippen LogP contribution in [0.5, 0.6) is 0 Å². The van der Waals surface area contributed by atoms with Crippen LogP contribution in [0, 0.1) is 6.92 Å². The number of nitrogens with zero attached hydrogens (tertiary/aromatic N) is 4. The maximum Gasteiger partial charge on any atom is 0.276 e. The highest BCUT2D eigenvalue weighted by atomic mass is 79.9. The van der Waals surface area contributed by atoms with Gasteiger partial charge in [-0.1, -0.05) is 15.9 Å². The number of halogens is 1. The molecule has 3 rings (SSSR count). The van der Waals surface area contributed by atoms with Gasteiger partial charge in [-0.15, -0.1) is 10.2 Å². The molecule has 3 aromatic rings. The summed E-state index contributed by atoms with van der Waals surface area (Å²) in [5.41, 5.74) is 2.01. The van der Waals surface area contributed by atoms with Crippen LogP contribution in [0.2, 0.25) is 0 Å². The molecule has 0 unspecified atom stereocenters. The highest BCUT2D eigenvalue weighted by Gasteiger charge is 2.09. The number of aromatic nitrogens is 4. The van der Waals surface area contributed by atoms with Gasteiger partial charge in [-0.25, -0.2) is 4.98 Å². The molecule has 6 nitrogen and oxygen atoms in total. The molecule has 0 fully saturated rings. The molecule has 0 spiro atoms. The number of rotatable bonds is 3. The lowest BCUT2D eigenvalue weighted by Crippen LogP contribution is -2.15. The summed E-state index contributed by atoms with van der Waals surface area (Å²) in [5, 5.41) is 10.8. The Morgan fingerprint density at radius 3 is 2.73 bits per heavy atom. The third-order valence-corrected chi connectivity index (χ3v) is 3.96. The Morgan fingerprint density at radius 2 is 2.09 bits per heavy atom. The molecule has 1 N–H and O–H groups in total. The number of carbonyl (C=O) groups excluding carboxylic acids is 1. The molecule has 22 heavy (non-hydrogen) atoms. The minimum Gasteiger partial charge on any atom is -0.321 e. The van der Waals surface area contributed by atoms with E-state index in [4.69, 9.17) is 0 Å². The molecule has 1 aromatic carbocycles. The molecule has 1 amide bonds. The Balaban J connectivity index is 1.76.